The molecule has 6 rings (SSSR count). The molecule has 4 heterocycles. The average molecular weight is 406 g/mol. The van der Waals surface area contributed by atoms with Crippen LogP contribution in [0.5, 0.6) is 0 Å². The second-order valence-electron chi connectivity index (χ2n) is 8.28. The fraction of sp³-hybridized carbons (Fsp3) is 0.160. The first kappa shape index (κ1) is 18.1. The molecule has 4 aromatic rings. The first-order valence-corrected chi connectivity index (χ1v) is 10.7. The Labute approximate surface area is 182 Å². The Bertz CT molecular complexity index is 1320. The first-order chi connectivity index (χ1) is 15.1. The van der Waals surface area contributed by atoms with E-state index in [1.165, 1.54) is 22.5 Å². The van der Waals surface area contributed by atoms with Crippen LogP contribution in [0.25, 0.3) is 17.2 Å². The summed E-state index contributed by atoms with van der Waals surface area (Å²) in [5.41, 5.74) is 6.69. The molecule has 2 aliphatic heterocycles. The number of anilines is 4. The predicted molar refractivity (Wildman–Crippen MR) is 129 cm³/mol. The van der Waals surface area contributed by atoms with E-state index in [1.807, 2.05) is 6.07 Å². The van der Waals surface area contributed by atoms with Crippen LogP contribution < -0.4 is 14.5 Å². The maximum Gasteiger partial charge on any atom is 0.408 e. The Kier molecular flexibility index (Phi) is 3.90. The monoisotopic (exact) mass is 406 g/mol. The number of aromatic nitrogens is 1. The molecule has 0 saturated carbocycles. The second-order valence-corrected chi connectivity index (χ2v) is 8.28. The van der Waals surface area contributed by atoms with Gasteiger partial charge in [-0.25, -0.2) is 4.98 Å². The molecule has 0 N–H and O–H groups in total. The molecule has 6 heteroatoms. The molecule has 0 spiro atoms. The minimum atomic E-state index is 0.0679. The molecule has 0 bridgehead atoms. The van der Waals surface area contributed by atoms with Crippen molar-refractivity contribution < 1.29 is 4.42 Å². The highest BCUT2D eigenvalue weighted by atomic mass is 16.3. The minimum absolute atomic E-state index is 0.0679. The van der Waals surface area contributed by atoms with E-state index in [2.05, 4.69) is 107 Å². The number of fused-ring (bicyclic) bond motifs is 4. The standard InChI is InChI=1S/C25H23BN4O/c1-17-16-23-24(20-12-9-15-27-25(20)31-23)28(3)26(17)30-18(2)29(19-10-5-4-6-11-19)21-13-7-8-14-22(21)30/h4-16,18H,1-3H3/t18-/m0/s1. The molecule has 5 nitrogen and oxygen atoms in total. The number of para-hydroxylation sites is 3. The van der Waals surface area contributed by atoms with Gasteiger partial charge in [0.1, 0.15) is 0 Å². The van der Waals surface area contributed by atoms with E-state index in [4.69, 9.17) is 4.42 Å². The van der Waals surface area contributed by atoms with Gasteiger partial charge >= 0.3 is 6.98 Å². The summed E-state index contributed by atoms with van der Waals surface area (Å²) in [7, 11) is 2.16. The number of benzene rings is 2. The molecule has 0 aliphatic carbocycles. The van der Waals surface area contributed by atoms with Gasteiger partial charge in [-0.3, -0.25) is 0 Å². The van der Waals surface area contributed by atoms with Gasteiger partial charge in [-0.15, -0.1) is 0 Å². The zero-order valence-corrected chi connectivity index (χ0v) is 17.9. The Hall–Kier alpha value is -3.67. The van der Waals surface area contributed by atoms with Gasteiger partial charge in [0.25, 0.3) is 0 Å². The van der Waals surface area contributed by atoms with Crippen LogP contribution in [0.4, 0.5) is 22.7 Å². The molecule has 0 fully saturated rings. The molecular formula is C25H23BN4O. The zero-order valence-electron chi connectivity index (χ0n) is 17.9. The van der Waals surface area contributed by atoms with E-state index in [1.54, 1.807) is 6.20 Å². The van der Waals surface area contributed by atoms with Crippen molar-refractivity contribution in [1.82, 2.24) is 4.98 Å². The van der Waals surface area contributed by atoms with E-state index in [9.17, 15) is 0 Å². The Morgan fingerprint density at radius 2 is 1.68 bits per heavy atom. The molecule has 2 aromatic carbocycles. The van der Waals surface area contributed by atoms with Crippen LogP contribution in [-0.4, -0.2) is 25.2 Å². The zero-order chi connectivity index (χ0) is 21.1. The number of furan rings is 1. The van der Waals surface area contributed by atoms with E-state index in [-0.39, 0.29) is 13.1 Å². The molecule has 1 atom stereocenters. The van der Waals surface area contributed by atoms with Crippen LogP contribution in [0.15, 0.2) is 82.8 Å². The van der Waals surface area contributed by atoms with Crippen molar-refractivity contribution in [3.63, 3.8) is 0 Å². The Balaban J connectivity index is 1.50. The number of hydrogen-bond acceptors (Lipinski definition) is 5. The highest BCUT2D eigenvalue weighted by Gasteiger charge is 2.45. The van der Waals surface area contributed by atoms with Crippen LogP contribution in [-0.2, 0) is 0 Å². The normalized spacial score (nSPS) is 17.8. The molecule has 0 radical (unpaired) electrons. The molecule has 2 aliphatic rings. The van der Waals surface area contributed by atoms with Crippen LogP contribution in [0, 0.1) is 0 Å². The van der Waals surface area contributed by atoms with Crippen molar-refractivity contribution in [3.8, 4) is 0 Å². The summed E-state index contributed by atoms with van der Waals surface area (Å²) < 4.78 is 6.07. The van der Waals surface area contributed by atoms with Crippen molar-refractivity contribution >= 4 is 46.9 Å². The van der Waals surface area contributed by atoms with Crippen LogP contribution >= 0.6 is 0 Å². The Morgan fingerprint density at radius 1 is 0.935 bits per heavy atom. The summed E-state index contributed by atoms with van der Waals surface area (Å²) in [6.45, 7) is 4.53. The SMILES string of the molecule is CC1=Cc2oc3ncccc3c2N(C)B1N1c2ccccc2N(c2ccccc2)[C@@H]1C. The predicted octanol–water partition coefficient (Wildman–Crippen LogP) is 5.71. The number of rotatable bonds is 2. The summed E-state index contributed by atoms with van der Waals surface area (Å²) in [5.74, 6) is 0.880. The summed E-state index contributed by atoms with van der Waals surface area (Å²) in [6.07, 6.45) is 4.10. The van der Waals surface area contributed by atoms with E-state index < -0.39 is 0 Å². The molecule has 0 amide bonds. The van der Waals surface area contributed by atoms with E-state index in [0.29, 0.717) is 5.71 Å². The number of allylic oxidation sites excluding steroid dienone is 1. The third-order valence-electron chi connectivity index (χ3n) is 6.45. The molecule has 152 valence electrons. The van der Waals surface area contributed by atoms with Gasteiger partial charge in [0.05, 0.1) is 28.6 Å². The lowest BCUT2D eigenvalue weighted by molar-refractivity contribution is 0.591. The molecule has 31 heavy (non-hydrogen) atoms. The highest BCUT2D eigenvalue weighted by Crippen LogP contribution is 2.47. The van der Waals surface area contributed by atoms with Crippen LogP contribution in [0.1, 0.15) is 19.6 Å². The molecule has 0 unspecified atom stereocenters. The summed E-state index contributed by atoms with van der Waals surface area (Å²) in [4.78, 5) is 11.7. The topological polar surface area (TPSA) is 35.8 Å². The van der Waals surface area contributed by atoms with Crippen molar-refractivity contribution in [2.45, 2.75) is 20.0 Å². The molecular weight excluding hydrogens is 383 g/mol. The fourth-order valence-corrected chi connectivity index (χ4v) is 5.21. The van der Waals surface area contributed by atoms with Crippen molar-refractivity contribution in [2.75, 3.05) is 21.6 Å². The minimum Gasteiger partial charge on any atom is -0.436 e. The van der Waals surface area contributed by atoms with Gasteiger partial charge < -0.3 is 18.9 Å². The van der Waals surface area contributed by atoms with Crippen LogP contribution in [0.2, 0.25) is 0 Å². The lowest BCUT2D eigenvalue weighted by atomic mass is 9.61. The summed E-state index contributed by atoms with van der Waals surface area (Å²) >= 11 is 0. The van der Waals surface area contributed by atoms with Gasteiger partial charge in [-0.05, 0) is 63.4 Å². The van der Waals surface area contributed by atoms with Crippen molar-refractivity contribution in [2.24, 2.45) is 0 Å². The number of hydrogen-bond donors (Lipinski definition) is 0. The average Bonchev–Trinajstić information content (AvgIpc) is 3.29. The maximum absolute atomic E-state index is 6.07. The quantitative estimate of drug-likeness (QED) is 0.399. The van der Waals surface area contributed by atoms with E-state index >= 15 is 0 Å². The largest absolute Gasteiger partial charge is 0.436 e. The highest BCUT2D eigenvalue weighted by molar-refractivity contribution is 6.76. The lowest BCUT2D eigenvalue weighted by Gasteiger charge is -2.41. The maximum atomic E-state index is 6.07. The van der Waals surface area contributed by atoms with Gasteiger partial charge in [0.2, 0.25) is 5.71 Å². The second kappa shape index (κ2) is 6.67. The third kappa shape index (κ3) is 2.54. The van der Waals surface area contributed by atoms with Gasteiger partial charge in [-0.1, -0.05) is 35.8 Å². The first-order valence-electron chi connectivity index (χ1n) is 10.7. The van der Waals surface area contributed by atoms with Crippen LogP contribution in [0.3, 0.4) is 0 Å². The lowest BCUT2D eigenvalue weighted by Crippen LogP contribution is -2.58. The summed E-state index contributed by atoms with van der Waals surface area (Å²) in [5, 5.41) is 1.05. The summed E-state index contributed by atoms with van der Waals surface area (Å²) in [6, 6.07) is 23.3. The Morgan fingerprint density at radius 3 is 2.48 bits per heavy atom. The fourth-order valence-electron chi connectivity index (χ4n) is 5.21. The molecule has 0 saturated heterocycles. The molecule has 2 aromatic heterocycles. The third-order valence-corrected chi connectivity index (χ3v) is 6.45. The van der Waals surface area contributed by atoms with Crippen molar-refractivity contribution in [1.29, 1.82) is 0 Å². The number of nitrogens with zero attached hydrogens (tertiary/aromatic N) is 4. The number of pyridine rings is 1. The smallest absolute Gasteiger partial charge is 0.408 e. The van der Waals surface area contributed by atoms with E-state index in [0.717, 1.165) is 16.8 Å². The van der Waals surface area contributed by atoms with Crippen molar-refractivity contribution in [3.05, 3.63) is 84.2 Å². The van der Waals surface area contributed by atoms with Gasteiger partial charge in [-0.2, -0.15) is 0 Å². The van der Waals surface area contributed by atoms with Gasteiger partial charge in [0.15, 0.2) is 5.76 Å². The van der Waals surface area contributed by atoms with Gasteiger partial charge in [0, 0.05) is 11.9 Å².